The molecule has 0 aromatic heterocycles. The molecule has 1 aromatic rings. The summed E-state index contributed by atoms with van der Waals surface area (Å²) in [5.74, 6) is 0.00248. The molecule has 1 amide bonds. The van der Waals surface area contributed by atoms with Crippen LogP contribution in [0, 0.1) is 0 Å². The van der Waals surface area contributed by atoms with E-state index in [1.54, 1.807) is 24.3 Å². The number of sulfonamides is 1. The quantitative estimate of drug-likeness (QED) is 0.869. The fourth-order valence-corrected chi connectivity index (χ4v) is 3.80. The Kier molecular flexibility index (Phi) is 6.44. The lowest BCUT2D eigenvalue weighted by atomic mass is 10.2. The molecule has 1 aliphatic rings. The molecule has 21 heavy (non-hydrogen) atoms. The summed E-state index contributed by atoms with van der Waals surface area (Å²) < 4.78 is 25.5. The molecule has 8 heteroatoms. The monoisotopic (exact) mass is 333 g/mol. The Morgan fingerprint density at radius 3 is 2.76 bits per heavy atom. The number of anilines is 2. The van der Waals surface area contributed by atoms with Gasteiger partial charge in [0.15, 0.2) is 0 Å². The molecule has 1 heterocycles. The number of benzene rings is 1. The van der Waals surface area contributed by atoms with Crippen molar-refractivity contribution in [3.8, 4) is 0 Å². The maximum absolute atomic E-state index is 12.0. The summed E-state index contributed by atoms with van der Waals surface area (Å²) in [6.07, 6.45) is 1.79. The smallest absolute Gasteiger partial charge is 0.235 e. The van der Waals surface area contributed by atoms with Gasteiger partial charge < -0.3 is 11.1 Å². The van der Waals surface area contributed by atoms with Crippen LogP contribution in [-0.2, 0) is 14.8 Å². The number of nitrogens with zero attached hydrogens (tertiary/aromatic N) is 1. The van der Waals surface area contributed by atoms with Gasteiger partial charge in [-0.25, -0.2) is 8.42 Å². The molecular weight excluding hydrogens is 314 g/mol. The number of amides is 1. The van der Waals surface area contributed by atoms with Crippen molar-refractivity contribution in [3.05, 3.63) is 24.3 Å². The highest BCUT2D eigenvalue weighted by atomic mass is 35.5. The SMILES string of the molecule is Cl.NCCC(=O)Nc1cccc(N2CCCCS2(=O)=O)c1. The number of rotatable bonds is 4. The number of carbonyl (C=O) groups excluding carboxylic acids is 1. The van der Waals surface area contributed by atoms with E-state index in [2.05, 4.69) is 5.32 Å². The topological polar surface area (TPSA) is 92.5 Å². The minimum Gasteiger partial charge on any atom is -0.330 e. The fraction of sp³-hybridized carbons (Fsp3) is 0.462. The summed E-state index contributed by atoms with van der Waals surface area (Å²) in [6, 6.07) is 6.88. The van der Waals surface area contributed by atoms with E-state index < -0.39 is 10.0 Å². The lowest BCUT2D eigenvalue weighted by Crippen LogP contribution is -2.37. The maximum Gasteiger partial charge on any atom is 0.235 e. The number of carbonyl (C=O) groups is 1. The number of halogens is 1. The first-order valence-electron chi connectivity index (χ1n) is 6.63. The number of hydrogen-bond acceptors (Lipinski definition) is 4. The Balaban J connectivity index is 0.00000220. The van der Waals surface area contributed by atoms with Gasteiger partial charge in [-0.05, 0) is 31.0 Å². The second-order valence-electron chi connectivity index (χ2n) is 4.73. The highest BCUT2D eigenvalue weighted by Crippen LogP contribution is 2.25. The molecule has 2 rings (SSSR count). The van der Waals surface area contributed by atoms with Crippen molar-refractivity contribution < 1.29 is 13.2 Å². The second-order valence-corrected chi connectivity index (χ2v) is 6.75. The average Bonchev–Trinajstić information content (AvgIpc) is 2.38. The number of nitrogens with one attached hydrogen (secondary N) is 1. The second kappa shape index (κ2) is 7.63. The van der Waals surface area contributed by atoms with Crippen LogP contribution in [0.15, 0.2) is 24.3 Å². The molecule has 1 aliphatic heterocycles. The zero-order valence-corrected chi connectivity index (χ0v) is 13.3. The van der Waals surface area contributed by atoms with Gasteiger partial charge in [0.1, 0.15) is 0 Å². The highest BCUT2D eigenvalue weighted by Gasteiger charge is 2.26. The third-order valence-corrected chi connectivity index (χ3v) is 5.01. The largest absolute Gasteiger partial charge is 0.330 e. The third-order valence-electron chi connectivity index (χ3n) is 3.14. The summed E-state index contributed by atoms with van der Waals surface area (Å²) in [5, 5.41) is 2.71. The van der Waals surface area contributed by atoms with Crippen molar-refractivity contribution in [2.45, 2.75) is 19.3 Å². The maximum atomic E-state index is 12.0. The molecule has 0 atom stereocenters. The van der Waals surface area contributed by atoms with Crippen molar-refractivity contribution in [1.29, 1.82) is 0 Å². The first-order valence-corrected chi connectivity index (χ1v) is 8.24. The Morgan fingerprint density at radius 1 is 1.33 bits per heavy atom. The zero-order chi connectivity index (χ0) is 14.6. The highest BCUT2D eigenvalue weighted by molar-refractivity contribution is 7.92. The molecule has 6 nitrogen and oxygen atoms in total. The van der Waals surface area contributed by atoms with E-state index in [0.717, 1.165) is 6.42 Å². The standard InChI is InChI=1S/C13H19N3O3S.ClH/c14-7-6-13(17)15-11-4-3-5-12(10-11)16-8-1-2-9-20(16,18)19;/h3-5,10H,1-2,6-9,14H2,(H,15,17);1H. The van der Waals surface area contributed by atoms with Gasteiger partial charge in [-0.2, -0.15) is 0 Å². The van der Waals surface area contributed by atoms with Gasteiger partial charge >= 0.3 is 0 Å². The van der Waals surface area contributed by atoms with E-state index in [4.69, 9.17) is 5.73 Å². The Labute approximate surface area is 131 Å². The van der Waals surface area contributed by atoms with Gasteiger partial charge in [-0.15, -0.1) is 12.4 Å². The van der Waals surface area contributed by atoms with Crippen molar-refractivity contribution >= 4 is 39.7 Å². The van der Waals surface area contributed by atoms with Crippen LogP contribution in [0.4, 0.5) is 11.4 Å². The van der Waals surface area contributed by atoms with Gasteiger partial charge in [-0.1, -0.05) is 6.07 Å². The van der Waals surface area contributed by atoms with Gasteiger partial charge in [0, 0.05) is 25.2 Å². The predicted octanol–water partition coefficient (Wildman–Crippen LogP) is 1.33. The van der Waals surface area contributed by atoms with E-state index in [9.17, 15) is 13.2 Å². The van der Waals surface area contributed by atoms with E-state index in [1.807, 2.05) is 0 Å². The van der Waals surface area contributed by atoms with Crippen LogP contribution < -0.4 is 15.4 Å². The van der Waals surface area contributed by atoms with Crippen LogP contribution in [0.5, 0.6) is 0 Å². The van der Waals surface area contributed by atoms with Gasteiger partial charge in [0.05, 0.1) is 11.4 Å². The minimum absolute atomic E-state index is 0. The van der Waals surface area contributed by atoms with Gasteiger partial charge in [-0.3, -0.25) is 9.10 Å². The van der Waals surface area contributed by atoms with Crippen LogP contribution in [-0.4, -0.2) is 33.2 Å². The van der Waals surface area contributed by atoms with Crippen molar-refractivity contribution in [2.75, 3.05) is 28.5 Å². The Bertz CT molecular complexity index is 592. The molecule has 1 aromatic carbocycles. The normalized spacial score (nSPS) is 16.9. The molecule has 0 saturated carbocycles. The molecule has 0 bridgehead atoms. The lowest BCUT2D eigenvalue weighted by molar-refractivity contribution is -0.116. The molecule has 0 spiro atoms. The fourth-order valence-electron chi connectivity index (χ4n) is 2.17. The molecule has 0 radical (unpaired) electrons. The molecule has 1 fully saturated rings. The zero-order valence-electron chi connectivity index (χ0n) is 11.6. The van der Waals surface area contributed by atoms with Gasteiger partial charge in [0.2, 0.25) is 15.9 Å². The van der Waals surface area contributed by atoms with Crippen LogP contribution in [0.3, 0.4) is 0 Å². The molecule has 1 saturated heterocycles. The van der Waals surface area contributed by atoms with Crippen LogP contribution in [0.25, 0.3) is 0 Å². The van der Waals surface area contributed by atoms with Crippen molar-refractivity contribution in [1.82, 2.24) is 0 Å². The Morgan fingerprint density at radius 2 is 2.10 bits per heavy atom. The number of nitrogens with two attached hydrogens (primary N) is 1. The Hall–Kier alpha value is -1.31. The van der Waals surface area contributed by atoms with Crippen LogP contribution in [0.2, 0.25) is 0 Å². The lowest BCUT2D eigenvalue weighted by Gasteiger charge is -2.28. The number of hydrogen-bond donors (Lipinski definition) is 2. The van der Waals surface area contributed by atoms with Crippen molar-refractivity contribution in [3.63, 3.8) is 0 Å². The van der Waals surface area contributed by atoms with E-state index in [-0.39, 0.29) is 37.0 Å². The molecule has 0 aliphatic carbocycles. The summed E-state index contributed by atoms with van der Waals surface area (Å²) in [6.45, 7) is 0.772. The first-order chi connectivity index (χ1) is 9.53. The molecule has 118 valence electrons. The van der Waals surface area contributed by atoms with Crippen LogP contribution >= 0.6 is 12.4 Å². The summed E-state index contributed by atoms with van der Waals surface area (Å²) >= 11 is 0. The average molecular weight is 334 g/mol. The summed E-state index contributed by atoms with van der Waals surface area (Å²) in [7, 11) is -3.23. The van der Waals surface area contributed by atoms with E-state index in [0.29, 0.717) is 24.3 Å². The third kappa shape index (κ3) is 4.59. The predicted molar refractivity (Wildman–Crippen MR) is 86.4 cm³/mol. The molecular formula is C13H20ClN3O3S. The first kappa shape index (κ1) is 17.7. The van der Waals surface area contributed by atoms with E-state index >= 15 is 0 Å². The van der Waals surface area contributed by atoms with Crippen LogP contribution in [0.1, 0.15) is 19.3 Å². The summed E-state index contributed by atoms with van der Waals surface area (Å²) in [4.78, 5) is 11.5. The molecule has 0 unspecified atom stereocenters. The summed E-state index contributed by atoms with van der Waals surface area (Å²) in [5.41, 5.74) is 6.49. The molecule has 3 N–H and O–H groups in total. The van der Waals surface area contributed by atoms with Gasteiger partial charge in [0.25, 0.3) is 0 Å². The minimum atomic E-state index is -3.23. The van der Waals surface area contributed by atoms with E-state index in [1.165, 1.54) is 4.31 Å². The van der Waals surface area contributed by atoms with Crippen molar-refractivity contribution in [2.24, 2.45) is 5.73 Å².